The van der Waals surface area contributed by atoms with Gasteiger partial charge in [0, 0.05) is 15.4 Å². The third-order valence-electron chi connectivity index (χ3n) is 3.09. The average Bonchev–Trinajstić information content (AvgIpc) is 3.05. The van der Waals surface area contributed by atoms with E-state index in [9.17, 15) is 0 Å². The highest BCUT2D eigenvalue weighted by atomic mass is 79.9. The molecule has 0 N–H and O–H groups in total. The lowest BCUT2D eigenvalue weighted by molar-refractivity contribution is 1.06. The third-order valence-corrected chi connectivity index (χ3v) is 4.34. The monoisotopic (exact) mass is 383 g/mol. The first-order valence-corrected chi connectivity index (χ1v) is 8.79. The quantitative estimate of drug-likeness (QED) is 0.471. The van der Waals surface area contributed by atoms with E-state index in [1.807, 2.05) is 60.0 Å². The van der Waals surface area contributed by atoms with Crippen LogP contribution in [0.2, 0.25) is 0 Å². The van der Waals surface area contributed by atoms with Crippen LogP contribution >= 0.6 is 27.3 Å². The summed E-state index contributed by atoms with van der Waals surface area (Å²) in [5.41, 5.74) is 3.17. The lowest BCUT2D eigenvalue weighted by Gasteiger charge is -1.95. The average molecular weight is 384 g/mol. The number of halogens is 1. The van der Waals surface area contributed by atoms with Crippen molar-refractivity contribution in [1.82, 2.24) is 4.98 Å². The zero-order chi connectivity index (χ0) is 15.9. The molecule has 0 unspecified atom stereocenters. The molecule has 3 aromatic rings. The lowest BCUT2D eigenvalue weighted by Crippen LogP contribution is -1.76. The zero-order valence-electron chi connectivity index (χ0n) is 12.3. The molecule has 3 nitrogen and oxygen atoms in total. The van der Waals surface area contributed by atoms with Crippen molar-refractivity contribution < 1.29 is 0 Å². The molecule has 114 valence electrons. The molecule has 23 heavy (non-hydrogen) atoms. The highest BCUT2D eigenvalue weighted by Gasteiger charge is 2.03. The van der Waals surface area contributed by atoms with E-state index in [0.717, 1.165) is 21.3 Å². The molecule has 1 aromatic heterocycles. The van der Waals surface area contributed by atoms with Crippen LogP contribution < -0.4 is 0 Å². The van der Waals surface area contributed by atoms with Crippen LogP contribution in [0.1, 0.15) is 5.56 Å². The molecule has 0 bridgehead atoms. The van der Waals surface area contributed by atoms with E-state index in [-0.39, 0.29) is 0 Å². The second-order valence-corrected chi connectivity index (χ2v) is 6.51. The summed E-state index contributed by atoms with van der Waals surface area (Å²) in [5, 5.41) is 11.0. The van der Waals surface area contributed by atoms with Gasteiger partial charge in [0.05, 0.1) is 12.2 Å². The molecule has 0 saturated heterocycles. The Bertz CT molecular complexity index is 808. The smallest absolute Gasteiger partial charge is 0.217 e. The fourth-order valence-corrected chi connectivity index (χ4v) is 2.89. The minimum absolute atomic E-state index is 0.544. The van der Waals surface area contributed by atoms with Crippen molar-refractivity contribution >= 4 is 38.5 Å². The van der Waals surface area contributed by atoms with Gasteiger partial charge in [0.25, 0.3) is 0 Å². The summed E-state index contributed by atoms with van der Waals surface area (Å²) in [6, 6.07) is 18.2. The largest absolute Gasteiger partial charge is 0.230 e. The summed E-state index contributed by atoms with van der Waals surface area (Å²) in [5.74, 6) is 0. The van der Waals surface area contributed by atoms with E-state index < -0.39 is 0 Å². The predicted molar refractivity (Wildman–Crippen MR) is 100 cm³/mol. The molecule has 1 heterocycles. The summed E-state index contributed by atoms with van der Waals surface area (Å²) in [7, 11) is 0. The van der Waals surface area contributed by atoms with Gasteiger partial charge in [-0.1, -0.05) is 70.5 Å². The highest BCUT2D eigenvalue weighted by molar-refractivity contribution is 9.10. The maximum atomic E-state index is 4.48. The van der Waals surface area contributed by atoms with Crippen LogP contribution in [0.25, 0.3) is 17.3 Å². The van der Waals surface area contributed by atoms with Crippen molar-refractivity contribution in [2.45, 2.75) is 0 Å². The van der Waals surface area contributed by atoms with Crippen molar-refractivity contribution in [1.29, 1.82) is 0 Å². The molecule has 0 spiro atoms. The summed E-state index contributed by atoms with van der Waals surface area (Å²) < 4.78 is 1.06. The topological polar surface area (TPSA) is 37.6 Å². The van der Waals surface area contributed by atoms with Crippen molar-refractivity contribution in [3.63, 3.8) is 0 Å². The van der Waals surface area contributed by atoms with Crippen molar-refractivity contribution in [3.05, 3.63) is 76.1 Å². The highest BCUT2D eigenvalue weighted by Crippen LogP contribution is 2.27. The number of benzene rings is 2. The standard InChI is InChI=1S/C18H14BrN3S/c19-16-10-8-15(9-11-16)17-13-23-18(21-17)22-20-12-4-7-14-5-2-1-3-6-14/h1-11,13H,12H2. The van der Waals surface area contributed by atoms with Crippen molar-refractivity contribution in [2.24, 2.45) is 10.2 Å². The second kappa shape index (κ2) is 7.94. The summed E-state index contributed by atoms with van der Waals surface area (Å²) in [4.78, 5) is 4.48. The Morgan fingerprint density at radius 2 is 1.83 bits per heavy atom. The van der Waals surface area contributed by atoms with Crippen LogP contribution in [-0.2, 0) is 0 Å². The number of azo groups is 1. The number of hydrogen-bond donors (Lipinski definition) is 0. The molecule has 5 heteroatoms. The lowest BCUT2D eigenvalue weighted by atomic mass is 10.2. The third kappa shape index (κ3) is 4.68. The fourth-order valence-electron chi connectivity index (χ4n) is 1.96. The number of aromatic nitrogens is 1. The van der Waals surface area contributed by atoms with E-state index in [1.54, 1.807) is 0 Å². The van der Waals surface area contributed by atoms with Gasteiger partial charge in [-0.25, -0.2) is 4.98 Å². The first-order chi connectivity index (χ1) is 11.3. The van der Waals surface area contributed by atoms with Crippen molar-refractivity contribution in [3.8, 4) is 11.3 Å². The van der Waals surface area contributed by atoms with Gasteiger partial charge < -0.3 is 0 Å². The summed E-state index contributed by atoms with van der Waals surface area (Å²) in [6.07, 6.45) is 4.02. The van der Waals surface area contributed by atoms with Crippen LogP contribution in [0.15, 0.2) is 80.8 Å². The Morgan fingerprint density at radius 3 is 2.61 bits per heavy atom. The van der Waals surface area contributed by atoms with E-state index in [0.29, 0.717) is 11.7 Å². The number of hydrogen-bond acceptors (Lipinski definition) is 4. The minimum Gasteiger partial charge on any atom is -0.217 e. The van der Waals surface area contributed by atoms with Crippen LogP contribution in [0.5, 0.6) is 0 Å². The first-order valence-electron chi connectivity index (χ1n) is 7.12. The molecular formula is C18H14BrN3S. The van der Waals surface area contributed by atoms with Gasteiger partial charge in [-0.2, -0.15) is 5.11 Å². The van der Waals surface area contributed by atoms with Gasteiger partial charge in [-0.3, -0.25) is 0 Å². The van der Waals surface area contributed by atoms with Gasteiger partial charge in [0.15, 0.2) is 0 Å². The SMILES string of the molecule is Brc1ccc(-c2csc(N=NCC=Cc3ccccc3)n2)cc1. The molecule has 0 saturated carbocycles. The molecule has 0 aliphatic rings. The fraction of sp³-hybridized carbons (Fsp3) is 0.0556. The maximum Gasteiger partial charge on any atom is 0.230 e. The van der Waals surface area contributed by atoms with Crippen LogP contribution in [0.4, 0.5) is 5.13 Å². The Labute approximate surface area is 147 Å². The minimum atomic E-state index is 0.544. The van der Waals surface area contributed by atoms with Gasteiger partial charge >= 0.3 is 0 Å². The Morgan fingerprint density at radius 1 is 1.04 bits per heavy atom. The molecular weight excluding hydrogens is 370 g/mol. The maximum absolute atomic E-state index is 4.48. The van der Waals surface area contributed by atoms with Gasteiger partial charge in [0.2, 0.25) is 5.13 Å². The Hall–Kier alpha value is -2.11. The molecule has 3 rings (SSSR count). The molecule has 0 aliphatic carbocycles. The van der Waals surface area contributed by atoms with Gasteiger partial charge in [0.1, 0.15) is 0 Å². The normalized spacial score (nSPS) is 11.5. The number of thiazole rings is 1. The first kappa shape index (κ1) is 15.8. The van der Waals surface area contributed by atoms with E-state index in [4.69, 9.17) is 0 Å². The van der Waals surface area contributed by atoms with Crippen LogP contribution in [-0.4, -0.2) is 11.5 Å². The van der Waals surface area contributed by atoms with Crippen molar-refractivity contribution in [2.75, 3.05) is 6.54 Å². The number of rotatable bonds is 5. The van der Waals surface area contributed by atoms with E-state index >= 15 is 0 Å². The Balaban J connectivity index is 1.58. The second-order valence-electron chi connectivity index (χ2n) is 4.76. The van der Waals surface area contributed by atoms with Crippen LogP contribution in [0.3, 0.4) is 0 Å². The number of nitrogens with zero attached hydrogens (tertiary/aromatic N) is 3. The zero-order valence-corrected chi connectivity index (χ0v) is 14.7. The molecule has 0 aliphatic heterocycles. The van der Waals surface area contributed by atoms with Crippen LogP contribution in [0, 0.1) is 0 Å². The predicted octanol–water partition coefficient (Wildman–Crippen LogP) is 6.37. The molecule has 0 radical (unpaired) electrons. The van der Waals surface area contributed by atoms with E-state index in [1.165, 1.54) is 11.3 Å². The molecule has 0 fully saturated rings. The van der Waals surface area contributed by atoms with Gasteiger partial charge in [-0.05, 0) is 17.7 Å². The van der Waals surface area contributed by atoms with Gasteiger partial charge in [-0.15, -0.1) is 16.5 Å². The summed E-state index contributed by atoms with van der Waals surface area (Å²) >= 11 is 4.93. The summed E-state index contributed by atoms with van der Waals surface area (Å²) in [6.45, 7) is 0.544. The Kier molecular flexibility index (Phi) is 5.45. The molecule has 2 aromatic carbocycles. The van der Waals surface area contributed by atoms with E-state index in [2.05, 4.69) is 43.3 Å². The molecule has 0 atom stereocenters. The molecule has 0 amide bonds.